The van der Waals surface area contributed by atoms with E-state index in [-0.39, 0.29) is 11.9 Å². The molecule has 1 unspecified atom stereocenters. The summed E-state index contributed by atoms with van der Waals surface area (Å²) in [7, 11) is 2.04. The van der Waals surface area contributed by atoms with Crippen LogP contribution in [0.25, 0.3) is 0 Å². The third-order valence-electron chi connectivity index (χ3n) is 2.49. The van der Waals surface area contributed by atoms with Crippen LogP contribution in [0.3, 0.4) is 0 Å². The maximum Gasteiger partial charge on any atom is 0.123 e. The Kier molecular flexibility index (Phi) is 3.43. The van der Waals surface area contributed by atoms with Gasteiger partial charge >= 0.3 is 0 Å². The first-order valence-electron chi connectivity index (χ1n) is 4.61. The van der Waals surface area contributed by atoms with Crippen molar-refractivity contribution in [2.45, 2.75) is 19.9 Å². The Morgan fingerprint density at radius 3 is 2.69 bits per heavy atom. The number of rotatable bonds is 3. The molecule has 0 radical (unpaired) electrons. The van der Waals surface area contributed by atoms with Gasteiger partial charge in [0.05, 0.1) is 0 Å². The molecule has 1 aromatic rings. The zero-order valence-electron chi connectivity index (χ0n) is 8.42. The molecule has 0 saturated carbocycles. The second-order valence-corrected chi connectivity index (χ2v) is 3.30. The molecule has 1 rings (SSSR count). The van der Waals surface area contributed by atoms with Gasteiger partial charge in [0.1, 0.15) is 5.82 Å². The number of hydrogen-bond acceptors (Lipinski definition) is 1. The van der Waals surface area contributed by atoms with Gasteiger partial charge in [-0.25, -0.2) is 4.39 Å². The molecular weight excluding hydrogens is 165 g/mol. The van der Waals surface area contributed by atoms with Gasteiger partial charge in [0.25, 0.3) is 0 Å². The number of halogens is 1. The van der Waals surface area contributed by atoms with E-state index < -0.39 is 0 Å². The molecule has 0 fully saturated rings. The third-order valence-corrected chi connectivity index (χ3v) is 2.49. The fraction of sp³-hybridized carbons (Fsp3) is 0.455. The predicted octanol–water partition coefficient (Wildman–Crippen LogP) is 2.84. The molecule has 0 aliphatic carbocycles. The molecule has 0 aromatic heterocycles. The Labute approximate surface area is 79.2 Å². The average molecular weight is 181 g/mol. The zero-order chi connectivity index (χ0) is 9.84. The van der Waals surface area contributed by atoms with E-state index in [9.17, 15) is 4.39 Å². The molecule has 2 heteroatoms. The summed E-state index contributed by atoms with van der Waals surface area (Å²) in [6, 6.07) is 7.06. The quantitative estimate of drug-likeness (QED) is 0.693. The topological polar surface area (TPSA) is 3.24 Å². The summed E-state index contributed by atoms with van der Waals surface area (Å²) >= 11 is 0. The molecule has 0 spiro atoms. The van der Waals surface area contributed by atoms with Crippen molar-refractivity contribution in [3.63, 3.8) is 0 Å². The monoisotopic (exact) mass is 181 g/mol. The van der Waals surface area contributed by atoms with E-state index in [1.807, 2.05) is 13.1 Å². The van der Waals surface area contributed by atoms with Gasteiger partial charge in [-0.2, -0.15) is 0 Å². The van der Waals surface area contributed by atoms with Crippen molar-refractivity contribution in [1.82, 2.24) is 4.90 Å². The van der Waals surface area contributed by atoms with Gasteiger partial charge in [-0.3, -0.25) is 4.90 Å². The lowest BCUT2D eigenvalue weighted by Gasteiger charge is -2.23. The highest BCUT2D eigenvalue weighted by Crippen LogP contribution is 2.18. The van der Waals surface area contributed by atoms with Crippen LogP contribution in [-0.2, 0) is 0 Å². The molecule has 0 aliphatic rings. The Morgan fingerprint density at radius 2 is 2.15 bits per heavy atom. The number of hydrogen-bond donors (Lipinski definition) is 0. The van der Waals surface area contributed by atoms with Crippen molar-refractivity contribution < 1.29 is 4.39 Å². The first kappa shape index (κ1) is 10.2. The maximum absolute atomic E-state index is 12.9. The normalized spacial score (nSPS) is 13.3. The molecule has 72 valence electrons. The van der Waals surface area contributed by atoms with E-state index in [1.165, 1.54) is 6.07 Å². The first-order chi connectivity index (χ1) is 6.15. The minimum absolute atomic E-state index is 0.158. The van der Waals surface area contributed by atoms with Gasteiger partial charge in [0.15, 0.2) is 0 Å². The van der Waals surface area contributed by atoms with Crippen LogP contribution in [0.15, 0.2) is 24.3 Å². The lowest BCUT2D eigenvalue weighted by atomic mass is 10.1. The Morgan fingerprint density at radius 1 is 1.46 bits per heavy atom. The van der Waals surface area contributed by atoms with Crippen LogP contribution in [0.4, 0.5) is 4.39 Å². The summed E-state index contributed by atoms with van der Waals surface area (Å²) in [6.45, 7) is 5.14. The summed E-state index contributed by atoms with van der Waals surface area (Å²) in [5.41, 5.74) is 1.03. The second-order valence-electron chi connectivity index (χ2n) is 3.30. The van der Waals surface area contributed by atoms with Crippen LogP contribution >= 0.6 is 0 Å². The summed E-state index contributed by atoms with van der Waals surface area (Å²) in [4.78, 5) is 2.18. The maximum atomic E-state index is 12.9. The summed E-state index contributed by atoms with van der Waals surface area (Å²) < 4.78 is 12.9. The first-order valence-corrected chi connectivity index (χ1v) is 4.61. The molecule has 0 bridgehead atoms. The highest BCUT2D eigenvalue weighted by molar-refractivity contribution is 5.19. The lowest BCUT2D eigenvalue weighted by molar-refractivity contribution is 0.275. The van der Waals surface area contributed by atoms with Gasteiger partial charge in [-0.05, 0) is 38.2 Å². The van der Waals surface area contributed by atoms with Crippen molar-refractivity contribution in [3.05, 3.63) is 35.6 Å². The molecule has 1 atom stereocenters. The van der Waals surface area contributed by atoms with Crippen molar-refractivity contribution >= 4 is 0 Å². The lowest BCUT2D eigenvalue weighted by Crippen LogP contribution is -2.21. The smallest absolute Gasteiger partial charge is 0.123 e. The molecule has 1 nitrogen and oxygen atoms in total. The standard InChI is InChI=1S/C11H16FN/c1-4-13(3)9(2)10-6-5-7-11(12)8-10/h5-9H,4H2,1-3H3. The molecule has 0 heterocycles. The molecule has 13 heavy (non-hydrogen) atoms. The Hall–Kier alpha value is -0.890. The van der Waals surface area contributed by atoms with Gasteiger partial charge in [0, 0.05) is 6.04 Å². The van der Waals surface area contributed by atoms with Gasteiger partial charge in [0.2, 0.25) is 0 Å². The zero-order valence-corrected chi connectivity index (χ0v) is 8.42. The Bertz CT molecular complexity index is 273. The molecule has 0 saturated heterocycles. The molecule has 0 aliphatic heterocycles. The fourth-order valence-electron chi connectivity index (χ4n) is 1.29. The predicted molar refractivity (Wildman–Crippen MR) is 53.1 cm³/mol. The SMILES string of the molecule is CCN(C)C(C)c1cccc(F)c1. The number of benzene rings is 1. The average Bonchev–Trinajstić information content (AvgIpc) is 2.15. The van der Waals surface area contributed by atoms with Crippen LogP contribution < -0.4 is 0 Å². The van der Waals surface area contributed by atoms with Gasteiger partial charge in [-0.1, -0.05) is 19.1 Å². The van der Waals surface area contributed by atoms with Crippen LogP contribution in [0.2, 0.25) is 0 Å². The fourth-order valence-corrected chi connectivity index (χ4v) is 1.29. The van der Waals surface area contributed by atoms with E-state index in [0.29, 0.717) is 0 Å². The van der Waals surface area contributed by atoms with E-state index in [0.717, 1.165) is 12.1 Å². The minimum atomic E-state index is -0.158. The third kappa shape index (κ3) is 2.52. The minimum Gasteiger partial charge on any atom is -0.300 e. The Balaban J connectivity index is 2.82. The number of nitrogens with zero attached hydrogens (tertiary/aromatic N) is 1. The van der Waals surface area contributed by atoms with Gasteiger partial charge in [-0.15, -0.1) is 0 Å². The van der Waals surface area contributed by atoms with Gasteiger partial charge < -0.3 is 0 Å². The van der Waals surface area contributed by atoms with E-state index in [1.54, 1.807) is 12.1 Å². The largest absolute Gasteiger partial charge is 0.300 e. The highest BCUT2D eigenvalue weighted by atomic mass is 19.1. The van der Waals surface area contributed by atoms with E-state index in [4.69, 9.17) is 0 Å². The second kappa shape index (κ2) is 4.38. The van der Waals surface area contributed by atoms with Crippen molar-refractivity contribution in [3.8, 4) is 0 Å². The molecule has 1 aromatic carbocycles. The molecule has 0 amide bonds. The molecular formula is C11H16FN. The van der Waals surface area contributed by atoms with Crippen LogP contribution in [0, 0.1) is 5.82 Å². The van der Waals surface area contributed by atoms with E-state index in [2.05, 4.69) is 18.7 Å². The molecule has 0 N–H and O–H groups in total. The van der Waals surface area contributed by atoms with Crippen molar-refractivity contribution in [2.75, 3.05) is 13.6 Å². The van der Waals surface area contributed by atoms with E-state index >= 15 is 0 Å². The van der Waals surface area contributed by atoms with Crippen molar-refractivity contribution in [1.29, 1.82) is 0 Å². The summed E-state index contributed by atoms with van der Waals surface area (Å²) in [5.74, 6) is -0.158. The van der Waals surface area contributed by atoms with Crippen LogP contribution in [0.5, 0.6) is 0 Å². The van der Waals surface area contributed by atoms with Crippen LogP contribution in [-0.4, -0.2) is 18.5 Å². The summed E-state index contributed by atoms with van der Waals surface area (Å²) in [5, 5.41) is 0. The highest BCUT2D eigenvalue weighted by Gasteiger charge is 2.09. The summed E-state index contributed by atoms with van der Waals surface area (Å²) in [6.07, 6.45) is 0. The van der Waals surface area contributed by atoms with Crippen LogP contribution in [0.1, 0.15) is 25.5 Å². The van der Waals surface area contributed by atoms with Crippen molar-refractivity contribution in [2.24, 2.45) is 0 Å².